The van der Waals surface area contributed by atoms with Crippen LogP contribution in [-0.4, -0.2) is 21.9 Å². The minimum Gasteiger partial charge on any atom is -0.478 e. The highest BCUT2D eigenvalue weighted by Crippen LogP contribution is 2.28. The summed E-state index contributed by atoms with van der Waals surface area (Å²) in [6.07, 6.45) is 0. The Morgan fingerprint density at radius 2 is 1.23 bits per heavy atom. The fraction of sp³-hybridized carbons (Fsp3) is 0.0714. The highest BCUT2D eigenvalue weighted by Gasteiger charge is 2.18. The van der Waals surface area contributed by atoms with Crippen LogP contribution in [0.1, 0.15) is 31.8 Å². The van der Waals surface area contributed by atoms with Crippen LogP contribution in [0.5, 0.6) is 11.5 Å². The van der Waals surface area contributed by atoms with Gasteiger partial charge in [0.25, 0.3) is 5.91 Å². The first kappa shape index (κ1) is 23.6. The number of carboxylic acids is 1. The van der Waals surface area contributed by atoms with Gasteiger partial charge in [0.15, 0.2) is 17.4 Å². The third-order valence-electron chi connectivity index (χ3n) is 5.32. The number of benzene rings is 4. The zero-order valence-electron chi connectivity index (χ0n) is 18.5. The highest BCUT2D eigenvalue weighted by atomic mass is 19.1. The molecule has 4 aromatic rings. The molecule has 0 spiro atoms. The topological polar surface area (TPSA) is 66.8 Å². The lowest BCUT2D eigenvalue weighted by molar-refractivity contribution is 0.0693. The number of aromatic carboxylic acids is 1. The summed E-state index contributed by atoms with van der Waals surface area (Å²) in [4.78, 5) is 26.1. The minimum atomic E-state index is -1.02. The number of carbonyl (C=O) groups excluding carboxylic acids is 1. The van der Waals surface area contributed by atoms with Crippen molar-refractivity contribution >= 4 is 11.9 Å². The maximum Gasteiger partial charge on any atom is 0.335 e. The lowest BCUT2D eigenvalue weighted by atomic mass is 10.1. The standard InChI is InChI=1S/C28H21F2NO4/c29-24-7-4-8-25(30)26(24)35-23-15-13-21(14-16-23)27(32)31(17-19-5-2-1-3-6-19)18-20-9-11-22(12-10-20)28(33)34/h1-16H,17-18H2,(H,33,34). The van der Waals surface area contributed by atoms with E-state index in [4.69, 9.17) is 9.84 Å². The monoisotopic (exact) mass is 473 g/mol. The quantitative estimate of drug-likeness (QED) is 0.326. The number of halogens is 2. The van der Waals surface area contributed by atoms with Crippen LogP contribution in [0.15, 0.2) is 97.1 Å². The van der Waals surface area contributed by atoms with Crippen molar-refractivity contribution in [2.75, 3.05) is 0 Å². The Morgan fingerprint density at radius 3 is 1.80 bits per heavy atom. The van der Waals surface area contributed by atoms with Gasteiger partial charge in [0, 0.05) is 18.7 Å². The maximum atomic E-state index is 13.9. The third kappa shape index (κ3) is 5.89. The van der Waals surface area contributed by atoms with E-state index in [1.54, 1.807) is 17.0 Å². The molecule has 4 rings (SSSR count). The molecule has 0 aliphatic carbocycles. The van der Waals surface area contributed by atoms with E-state index in [1.807, 2.05) is 30.3 Å². The number of rotatable bonds is 8. The van der Waals surface area contributed by atoms with Crippen LogP contribution >= 0.6 is 0 Å². The van der Waals surface area contributed by atoms with E-state index in [1.165, 1.54) is 42.5 Å². The number of carbonyl (C=O) groups is 2. The van der Waals surface area contributed by atoms with Gasteiger partial charge in [0.1, 0.15) is 5.75 Å². The number of amides is 1. The summed E-state index contributed by atoms with van der Waals surface area (Å²) in [6.45, 7) is 0.589. The molecule has 0 aliphatic heterocycles. The molecular weight excluding hydrogens is 452 g/mol. The normalized spacial score (nSPS) is 10.6. The third-order valence-corrected chi connectivity index (χ3v) is 5.32. The second-order valence-corrected chi connectivity index (χ2v) is 7.83. The molecule has 0 unspecified atom stereocenters. The van der Waals surface area contributed by atoms with Gasteiger partial charge < -0.3 is 14.7 Å². The van der Waals surface area contributed by atoms with E-state index in [0.29, 0.717) is 12.1 Å². The van der Waals surface area contributed by atoms with Crippen LogP contribution in [-0.2, 0) is 13.1 Å². The number of ether oxygens (including phenoxy) is 1. The summed E-state index contributed by atoms with van der Waals surface area (Å²) < 4.78 is 33.1. The Kier molecular flexibility index (Phi) is 7.16. The molecule has 4 aromatic carbocycles. The van der Waals surface area contributed by atoms with Crippen molar-refractivity contribution in [1.82, 2.24) is 4.90 Å². The van der Waals surface area contributed by atoms with Gasteiger partial charge in [-0.1, -0.05) is 48.5 Å². The first-order valence-corrected chi connectivity index (χ1v) is 10.8. The van der Waals surface area contributed by atoms with Gasteiger partial charge >= 0.3 is 5.97 Å². The van der Waals surface area contributed by atoms with Crippen LogP contribution < -0.4 is 4.74 Å². The Labute approximate surface area is 200 Å². The van der Waals surface area contributed by atoms with E-state index in [0.717, 1.165) is 23.3 Å². The number of hydrogen-bond acceptors (Lipinski definition) is 3. The van der Waals surface area contributed by atoms with E-state index >= 15 is 0 Å². The van der Waals surface area contributed by atoms with Gasteiger partial charge in [-0.15, -0.1) is 0 Å². The molecule has 0 fully saturated rings. The number of carboxylic acid groups (broad SMARTS) is 1. The first-order valence-electron chi connectivity index (χ1n) is 10.8. The molecule has 0 heterocycles. The van der Waals surface area contributed by atoms with Gasteiger partial charge in [-0.25, -0.2) is 13.6 Å². The number of nitrogens with zero attached hydrogens (tertiary/aromatic N) is 1. The predicted octanol–water partition coefficient (Wildman–Crippen LogP) is 6.30. The van der Waals surface area contributed by atoms with E-state index in [2.05, 4.69) is 0 Å². The Hall–Kier alpha value is -4.52. The summed E-state index contributed by atoms with van der Waals surface area (Å²) >= 11 is 0. The summed E-state index contributed by atoms with van der Waals surface area (Å²) in [5, 5.41) is 9.12. The fourth-order valence-corrected chi connectivity index (χ4v) is 3.52. The summed E-state index contributed by atoms with van der Waals surface area (Å²) in [5.41, 5.74) is 2.23. The van der Waals surface area contributed by atoms with Crippen LogP contribution in [0.25, 0.3) is 0 Å². The highest BCUT2D eigenvalue weighted by molar-refractivity contribution is 5.94. The van der Waals surface area contributed by atoms with Crippen molar-refractivity contribution in [3.63, 3.8) is 0 Å². The molecule has 176 valence electrons. The van der Waals surface area contributed by atoms with Crippen molar-refractivity contribution in [2.45, 2.75) is 13.1 Å². The molecule has 1 N–H and O–H groups in total. The summed E-state index contributed by atoms with van der Waals surface area (Å²) in [5.74, 6) is -3.26. The Balaban J connectivity index is 1.55. The smallest absolute Gasteiger partial charge is 0.335 e. The van der Waals surface area contributed by atoms with E-state index < -0.39 is 23.4 Å². The molecule has 7 heteroatoms. The van der Waals surface area contributed by atoms with Crippen LogP contribution in [0.2, 0.25) is 0 Å². The van der Waals surface area contributed by atoms with Crippen LogP contribution in [0.4, 0.5) is 8.78 Å². The molecule has 0 aliphatic rings. The molecule has 0 aromatic heterocycles. The average molecular weight is 473 g/mol. The molecule has 0 saturated heterocycles. The molecule has 5 nitrogen and oxygen atoms in total. The van der Waals surface area contributed by atoms with Crippen molar-refractivity contribution in [3.05, 3.63) is 131 Å². The van der Waals surface area contributed by atoms with Gasteiger partial charge in [-0.2, -0.15) is 0 Å². The van der Waals surface area contributed by atoms with Crippen molar-refractivity contribution in [1.29, 1.82) is 0 Å². The molecule has 0 radical (unpaired) electrons. The second kappa shape index (κ2) is 10.6. The SMILES string of the molecule is O=C(O)c1ccc(CN(Cc2ccccc2)C(=O)c2ccc(Oc3c(F)cccc3F)cc2)cc1. The molecular formula is C28H21F2NO4. The predicted molar refractivity (Wildman–Crippen MR) is 126 cm³/mol. The van der Waals surface area contributed by atoms with Gasteiger partial charge in [0.2, 0.25) is 0 Å². The molecule has 0 saturated carbocycles. The van der Waals surface area contributed by atoms with Gasteiger partial charge in [-0.3, -0.25) is 4.79 Å². The Morgan fingerprint density at radius 1 is 0.686 bits per heavy atom. The average Bonchev–Trinajstić information content (AvgIpc) is 2.87. The van der Waals surface area contributed by atoms with Crippen molar-refractivity contribution in [3.8, 4) is 11.5 Å². The lowest BCUT2D eigenvalue weighted by Gasteiger charge is -2.23. The zero-order chi connectivity index (χ0) is 24.8. The summed E-state index contributed by atoms with van der Waals surface area (Å²) in [6, 6.07) is 25.3. The van der Waals surface area contributed by atoms with Gasteiger partial charge in [0.05, 0.1) is 5.56 Å². The van der Waals surface area contributed by atoms with Crippen LogP contribution in [0.3, 0.4) is 0 Å². The fourth-order valence-electron chi connectivity index (χ4n) is 3.52. The molecule has 1 amide bonds. The lowest BCUT2D eigenvalue weighted by Crippen LogP contribution is -2.30. The van der Waals surface area contributed by atoms with Crippen molar-refractivity contribution < 1.29 is 28.2 Å². The second-order valence-electron chi connectivity index (χ2n) is 7.83. The van der Waals surface area contributed by atoms with E-state index in [-0.39, 0.29) is 23.8 Å². The first-order chi connectivity index (χ1) is 16.9. The summed E-state index contributed by atoms with van der Waals surface area (Å²) in [7, 11) is 0. The Bertz CT molecular complexity index is 1300. The van der Waals surface area contributed by atoms with E-state index in [9.17, 15) is 18.4 Å². The number of para-hydroxylation sites is 1. The molecule has 0 bridgehead atoms. The minimum absolute atomic E-state index is 0.163. The maximum absolute atomic E-state index is 13.9. The largest absolute Gasteiger partial charge is 0.478 e. The van der Waals surface area contributed by atoms with Crippen LogP contribution in [0, 0.1) is 11.6 Å². The number of hydrogen-bond donors (Lipinski definition) is 1. The van der Waals surface area contributed by atoms with Gasteiger partial charge in [-0.05, 0) is 59.7 Å². The zero-order valence-corrected chi connectivity index (χ0v) is 18.5. The van der Waals surface area contributed by atoms with Crippen molar-refractivity contribution in [2.24, 2.45) is 0 Å². The molecule has 0 atom stereocenters. The molecule has 35 heavy (non-hydrogen) atoms.